The van der Waals surface area contributed by atoms with Crippen molar-refractivity contribution >= 4 is 28.2 Å². The zero-order valence-electron chi connectivity index (χ0n) is 11.2. The van der Waals surface area contributed by atoms with Gasteiger partial charge in [-0.1, -0.05) is 13.8 Å². The summed E-state index contributed by atoms with van der Waals surface area (Å²) in [5, 5.41) is 5.84. The fourth-order valence-corrected chi connectivity index (χ4v) is 3.41. The lowest BCUT2D eigenvalue weighted by atomic mass is 9.95. The van der Waals surface area contributed by atoms with E-state index in [0.29, 0.717) is 38.4 Å². The number of piperidine rings is 1. The number of carbonyl (C=O) groups is 1. The van der Waals surface area contributed by atoms with E-state index in [1.54, 1.807) is 0 Å². The minimum atomic E-state index is -3.39. The zero-order chi connectivity index (χ0) is 13.1. The van der Waals surface area contributed by atoms with Crippen LogP contribution in [-0.2, 0) is 14.6 Å². The summed E-state index contributed by atoms with van der Waals surface area (Å²) in [6.45, 7) is 5.62. The van der Waals surface area contributed by atoms with Gasteiger partial charge in [0.05, 0.1) is 0 Å². The topological polar surface area (TPSA) is 75.3 Å². The van der Waals surface area contributed by atoms with Crippen molar-refractivity contribution in [2.24, 2.45) is 5.92 Å². The number of sulfone groups is 1. The summed E-state index contributed by atoms with van der Waals surface area (Å²) >= 11 is 0. The first kappa shape index (κ1) is 17.7. The predicted molar refractivity (Wildman–Crippen MR) is 74.8 cm³/mol. The molecule has 7 heteroatoms. The van der Waals surface area contributed by atoms with Crippen LogP contribution in [0.25, 0.3) is 0 Å². The van der Waals surface area contributed by atoms with Crippen LogP contribution in [-0.4, -0.2) is 45.0 Å². The lowest BCUT2D eigenvalue weighted by molar-refractivity contribution is -0.124. The van der Waals surface area contributed by atoms with Crippen LogP contribution in [0, 0.1) is 5.92 Å². The molecule has 1 amide bonds. The molecule has 0 bridgehead atoms. The third-order valence-corrected chi connectivity index (χ3v) is 5.22. The van der Waals surface area contributed by atoms with E-state index in [1.807, 2.05) is 13.8 Å². The SMILES string of the molecule is CC(C)CNC(=O)C1(S(C)(=O)=O)CCNCC1.Cl. The fraction of sp³-hybridized carbons (Fsp3) is 0.909. The number of amides is 1. The molecule has 0 saturated carbocycles. The second kappa shape index (κ2) is 6.73. The fourth-order valence-electron chi connectivity index (χ4n) is 2.05. The third kappa shape index (κ3) is 3.83. The third-order valence-electron chi connectivity index (χ3n) is 3.21. The van der Waals surface area contributed by atoms with Crippen molar-refractivity contribution in [3.63, 3.8) is 0 Å². The molecule has 0 aromatic carbocycles. The molecular weight excluding hydrogens is 276 g/mol. The Bertz CT molecular complexity index is 376. The minimum Gasteiger partial charge on any atom is -0.354 e. The molecule has 1 heterocycles. The van der Waals surface area contributed by atoms with Gasteiger partial charge in [0.1, 0.15) is 0 Å². The van der Waals surface area contributed by atoms with E-state index < -0.39 is 14.6 Å². The summed E-state index contributed by atoms with van der Waals surface area (Å²) in [4.78, 5) is 12.2. The normalized spacial score (nSPS) is 19.1. The average Bonchev–Trinajstić information content (AvgIpc) is 2.25. The highest BCUT2D eigenvalue weighted by Crippen LogP contribution is 2.27. The average molecular weight is 299 g/mol. The summed E-state index contributed by atoms with van der Waals surface area (Å²) in [5.74, 6) is -0.0209. The lowest BCUT2D eigenvalue weighted by Gasteiger charge is -2.34. The number of rotatable bonds is 4. The molecule has 108 valence electrons. The lowest BCUT2D eigenvalue weighted by Crippen LogP contribution is -2.57. The largest absolute Gasteiger partial charge is 0.354 e. The van der Waals surface area contributed by atoms with Crippen molar-refractivity contribution < 1.29 is 13.2 Å². The van der Waals surface area contributed by atoms with Crippen LogP contribution < -0.4 is 10.6 Å². The standard InChI is InChI=1S/C11H22N2O3S.ClH/c1-9(2)8-13-10(14)11(17(3,15)16)4-6-12-7-5-11;/h9,12H,4-8H2,1-3H3,(H,13,14);1H. The van der Waals surface area contributed by atoms with Gasteiger partial charge in [0.25, 0.3) is 0 Å². The summed E-state index contributed by atoms with van der Waals surface area (Å²) < 4.78 is 22.6. The Morgan fingerprint density at radius 1 is 1.33 bits per heavy atom. The molecule has 0 aromatic rings. The number of carbonyl (C=O) groups excluding carboxylic acids is 1. The second-order valence-corrected chi connectivity index (χ2v) is 7.45. The second-order valence-electron chi connectivity index (χ2n) is 5.12. The molecule has 18 heavy (non-hydrogen) atoms. The van der Waals surface area contributed by atoms with Gasteiger partial charge in [-0.05, 0) is 31.8 Å². The summed E-state index contributed by atoms with van der Waals surface area (Å²) in [7, 11) is -3.39. The van der Waals surface area contributed by atoms with Crippen LogP contribution in [0.15, 0.2) is 0 Å². The van der Waals surface area contributed by atoms with Gasteiger partial charge in [0.15, 0.2) is 14.6 Å². The maximum atomic E-state index is 12.2. The Labute approximate surface area is 115 Å². The molecule has 0 radical (unpaired) electrons. The van der Waals surface area contributed by atoms with E-state index in [9.17, 15) is 13.2 Å². The van der Waals surface area contributed by atoms with Crippen LogP contribution >= 0.6 is 12.4 Å². The minimum absolute atomic E-state index is 0. The van der Waals surface area contributed by atoms with E-state index in [1.165, 1.54) is 0 Å². The molecular formula is C11H23ClN2O3S. The van der Waals surface area contributed by atoms with Crippen molar-refractivity contribution in [1.29, 1.82) is 0 Å². The highest BCUT2D eigenvalue weighted by Gasteiger charge is 2.48. The van der Waals surface area contributed by atoms with Gasteiger partial charge < -0.3 is 10.6 Å². The first-order valence-corrected chi connectivity index (χ1v) is 7.87. The van der Waals surface area contributed by atoms with Crippen molar-refractivity contribution in [2.75, 3.05) is 25.9 Å². The van der Waals surface area contributed by atoms with Crippen LogP contribution in [0.4, 0.5) is 0 Å². The maximum absolute atomic E-state index is 12.2. The Balaban J connectivity index is 0.00000289. The van der Waals surface area contributed by atoms with E-state index in [0.717, 1.165) is 6.26 Å². The number of halogens is 1. The molecule has 0 unspecified atom stereocenters. The molecule has 5 nitrogen and oxygen atoms in total. The van der Waals surface area contributed by atoms with Gasteiger partial charge in [-0.25, -0.2) is 8.42 Å². The Hall–Kier alpha value is -0.330. The van der Waals surface area contributed by atoms with Crippen molar-refractivity contribution in [3.8, 4) is 0 Å². The Morgan fingerprint density at radius 2 is 1.83 bits per heavy atom. The smallest absolute Gasteiger partial charge is 0.241 e. The highest BCUT2D eigenvalue weighted by atomic mass is 35.5. The number of hydrogen-bond donors (Lipinski definition) is 2. The van der Waals surface area contributed by atoms with E-state index >= 15 is 0 Å². The first-order chi connectivity index (χ1) is 7.79. The van der Waals surface area contributed by atoms with Gasteiger partial charge in [-0.3, -0.25) is 4.79 Å². The number of hydrogen-bond acceptors (Lipinski definition) is 4. The summed E-state index contributed by atoms with van der Waals surface area (Å²) in [6, 6.07) is 0. The molecule has 1 aliphatic heterocycles. The van der Waals surface area contributed by atoms with Crippen molar-refractivity contribution in [1.82, 2.24) is 10.6 Å². The van der Waals surface area contributed by atoms with Gasteiger partial charge in [-0.2, -0.15) is 0 Å². The predicted octanol–water partition coefficient (Wildman–Crippen LogP) is 0.347. The Morgan fingerprint density at radius 3 is 2.22 bits per heavy atom. The van der Waals surface area contributed by atoms with E-state index in [2.05, 4.69) is 10.6 Å². The van der Waals surface area contributed by atoms with E-state index in [-0.39, 0.29) is 18.3 Å². The van der Waals surface area contributed by atoms with E-state index in [4.69, 9.17) is 0 Å². The zero-order valence-corrected chi connectivity index (χ0v) is 12.8. The highest BCUT2D eigenvalue weighted by molar-refractivity contribution is 7.92. The molecule has 1 fully saturated rings. The van der Waals surface area contributed by atoms with Crippen LogP contribution in [0.1, 0.15) is 26.7 Å². The molecule has 0 aromatic heterocycles. The van der Waals surface area contributed by atoms with Gasteiger partial charge >= 0.3 is 0 Å². The number of nitrogens with one attached hydrogen (secondary N) is 2. The van der Waals surface area contributed by atoms with Crippen LogP contribution in [0.3, 0.4) is 0 Å². The molecule has 1 rings (SSSR count). The molecule has 0 spiro atoms. The summed E-state index contributed by atoms with van der Waals surface area (Å²) in [6.07, 6.45) is 1.87. The van der Waals surface area contributed by atoms with Crippen LogP contribution in [0.2, 0.25) is 0 Å². The maximum Gasteiger partial charge on any atom is 0.241 e. The van der Waals surface area contributed by atoms with Gasteiger partial charge in [-0.15, -0.1) is 12.4 Å². The van der Waals surface area contributed by atoms with Gasteiger partial charge in [0, 0.05) is 12.8 Å². The summed E-state index contributed by atoms with van der Waals surface area (Å²) in [5.41, 5.74) is 0. The first-order valence-electron chi connectivity index (χ1n) is 5.98. The Kier molecular flexibility index (Phi) is 6.60. The monoisotopic (exact) mass is 298 g/mol. The van der Waals surface area contributed by atoms with Crippen LogP contribution in [0.5, 0.6) is 0 Å². The molecule has 2 N–H and O–H groups in total. The van der Waals surface area contributed by atoms with Gasteiger partial charge in [0.2, 0.25) is 5.91 Å². The molecule has 1 aliphatic rings. The quantitative estimate of drug-likeness (QED) is 0.785. The molecule has 0 aliphatic carbocycles. The molecule has 0 atom stereocenters. The van der Waals surface area contributed by atoms with Crippen molar-refractivity contribution in [2.45, 2.75) is 31.4 Å². The van der Waals surface area contributed by atoms with Crippen molar-refractivity contribution in [3.05, 3.63) is 0 Å². The molecule has 1 saturated heterocycles.